The number of rotatable bonds is 7. The molecule has 1 amide bonds. The van der Waals surface area contributed by atoms with Gasteiger partial charge in [0.15, 0.2) is 0 Å². The van der Waals surface area contributed by atoms with Gasteiger partial charge in [0.2, 0.25) is 5.91 Å². The van der Waals surface area contributed by atoms with Gasteiger partial charge in [-0.25, -0.2) is 4.79 Å². The summed E-state index contributed by atoms with van der Waals surface area (Å²) in [4.78, 5) is 34.7. The highest BCUT2D eigenvalue weighted by Crippen LogP contribution is 2.17. The second kappa shape index (κ2) is 8.31. The molecule has 0 aromatic heterocycles. The van der Waals surface area contributed by atoms with E-state index < -0.39 is 30.3 Å². The van der Waals surface area contributed by atoms with Crippen LogP contribution in [0.5, 0.6) is 0 Å². The molecule has 0 aliphatic heterocycles. The van der Waals surface area contributed by atoms with Gasteiger partial charge in [0, 0.05) is 4.90 Å². The molecule has 1 aromatic carbocycles. The number of amides is 1. The van der Waals surface area contributed by atoms with Crippen LogP contribution in [-0.4, -0.2) is 41.9 Å². The maximum absolute atomic E-state index is 11.7. The van der Waals surface area contributed by atoms with Gasteiger partial charge >= 0.3 is 11.9 Å². The minimum absolute atomic E-state index is 0.0774. The van der Waals surface area contributed by atoms with Gasteiger partial charge in [0.05, 0.1) is 19.3 Å². The van der Waals surface area contributed by atoms with Crippen LogP contribution in [-0.2, 0) is 19.1 Å². The molecule has 0 aliphatic carbocycles. The molecule has 1 rings (SSSR count). The van der Waals surface area contributed by atoms with Gasteiger partial charge in [0.25, 0.3) is 0 Å². The third-order valence-corrected chi connectivity index (χ3v) is 3.63. The molecule has 0 fully saturated rings. The number of nitrogens with one attached hydrogen (secondary N) is 1. The number of aliphatic carboxylic acids is 1. The number of methoxy groups -OCH3 is 1. The maximum Gasteiger partial charge on any atom is 0.326 e. The first-order chi connectivity index (χ1) is 9.92. The Hall–Kier alpha value is -2.02. The highest BCUT2D eigenvalue weighted by Gasteiger charge is 2.23. The summed E-state index contributed by atoms with van der Waals surface area (Å²) < 4.78 is 4.39. The Balaban J connectivity index is 2.48. The van der Waals surface area contributed by atoms with E-state index >= 15 is 0 Å². The van der Waals surface area contributed by atoms with E-state index in [1.54, 1.807) is 0 Å². The van der Waals surface area contributed by atoms with Gasteiger partial charge in [0.1, 0.15) is 6.04 Å². The Labute approximate surface area is 126 Å². The van der Waals surface area contributed by atoms with Gasteiger partial charge in [-0.3, -0.25) is 9.59 Å². The summed E-state index contributed by atoms with van der Waals surface area (Å²) in [7, 11) is 1.16. The van der Waals surface area contributed by atoms with Gasteiger partial charge in [-0.1, -0.05) is 17.7 Å². The van der Waals surface area contributed by atoms with E-state index in [4.69, 9.17) is 5.11 Å². The van der Waals surface area contributed by atoms with E-state index in [2.05, 4.69) is 10.1 Å². The molecule has 0 unspecified atom stereocenters. The van der Waals surface area contributed by atoms with E-state index in [1.165, 1.54) is 11.8 Å². The van der Waals surface area contributed by atoms with Crippen molar-refractivity contribution in [1.82, 2.24) is 5.32 Å². The summed E-state index contributed by atoms with van der Waals surface area (Å²) in [6.45, 7) is 1.96. The first-order valence-electron chi connectivity index (χ1n) is 6.21. The van der Waals surface area contributed by atoms with Gasteiger partial charge in [-0.2, -0.15) is 0 Å². The average Bonchev–Trinajstić information content (AvgIpc) is 2.45. The molecular weight excluding hydrogens is 294 g/mol. The monoisotopic (exact) mass is 311 g/mol. The third-order valence-electron chi connectivity index (χ3n) is 2.62. The van der Waals surface area contributed by atoms with E-state index in [9.17, 15) is 14.4 Å². The number of benzene rings is 1. The van der Waals surface area contributed by atoms with Gasteiger partial charge in [-0.05, 0) is 19.1 Å². The summed E-state index contributed by atoms with van der Waals surface area (Å²) in [6.07, 6.45) is -0.396. The van der Waals surface area contributed by atoms with Crippen LogP contribution >= 0.6 is 11.8 Å². The van der Waals surface area contributed by atoms with Crippen LogP contribution in [0.1, 0.15) is 12.0 Å². The van der Waals surface area contributed by atoms with Crippen molar-refractivity contribution in [3.05, 3.63) is 29.8 Å². The van der Waals surface area contributed by atoms with Crippen molar-refractivity contribution in [3.63, 3.8) is 0 Å². The third kappa shape index (κ3) is 6.31. The molecule has 0 aliphatic rings. The molecule has 0 bridgehead atoms. The summed E-state index contributed by atoms with van der Waals surface area (Å²) in [5.74, 6) is -2.33. The lowest BCUT2D eigenvalue weighted by Crippen LogP contribution is -2.43. The fourth-order valence-electron chi connectivity index (χ4n) is 1.47. The summed E-state index contributed by atoms with van der Waals surface area (Å²) >= 11 is 1.29. The van der Waals surface area contributed by atoms with Gasteiger partial charge < -0.3 is 15.2 Å². The van der Waals surface area contributed by atoms with Crippen LogP contribution in [0.4, 0.5) is 0 Å². The Kier molecular flexibility index (Phi) is 6.74. The Morgan fingerprint density at radius 3 is 2.43 bits per heavy atom. The highest BCUT2D eigenvalue weighted by atomic mass is 32.2. The molecule has 114 valence electrons. The molecule has 0 radical (unpaired) electrons. The molecule has 0 saturated heterocycles. The van der Waals surface area contributed by atoms with Crippen LogP contribution in [0, 0.1) is 6.92 Å². The van der Waals surface area contributed by atoms with Crippen LogP contribution < -0.4 is 5.32 Å². The zero-order valence-corrected chi connectivity index (χ0v) is 12.6. The highest BCUT2D eigenvalue weighted by molar-refractivity contribution is 8.00. The Bertz CT molecular complexity index is 515. The number of hydrogen-bond acceptors (Lipinski definition) is 5. The molecule has 0 saturated carbocycles. The minimum atomic E-state index is -1.27. The maximum atomic E-state index is 11.7. The van der Waals surface area contributed by atoms with E-state index in [0.717, 1.165) is 17.6 Å². The Morgan fingerprint density at radius 1 is 1.29 bits per heavy atom. The number of aryl methyl sites for hydroxylation is 1. The number of ether oxygens (including phenoxy) is 1. The largest absolute Gasteiger partial charge is 0.480 e. The molecule has 0 heterocycles. The number of hydrogen-bond donors (Lipinski definition) is 2. The number of carbonyl (C=O) groups excluding carboxylic acids is 2. The molecule has 1 aromatic rings. The normalized spacial score (nSPS) is 11.5. The van der Waals surface area contributed by atoms with Gasteiger partial charge in [-0.15, -0.1) is 11.8 Å². The lowest BCUT2D eigenvalue weighted by molar-refractivity contribution is -0.148. The second-order valence-corrected chi connectivity index (χ2v) is 5.39. The summed E-state index contributed by atoms with van der Waals surface area (Å²) in [6, 6.07) is 6.35. The van der Waals surface area contributed by atoms with E-state index in [-0.39, 0.29) is 5.75 Å². The standard InChI is InChI=1S/C14H17NO5S/c1-9-3-5-10(6-4-9)21-8-12(16)15-11(14(18)19)7-13(17)20-2/h3-6,11H,7-8H2,1-2H3,(H,15,16)(H,18,19)/t11-/m0/s1. The number of carboxylic acid groups (broad SMARTS) is 1. The predicted molar refractivity (Wildman–Crippen MR) is 78.1 cm³/mol. The first kappa shape index (κ1) is 17.0. The number of thioether (sulfide) groups is 1. The van der Waals surface area contributed by atoms with Crippen molar-refractivity contribution < 1.29 is 24.2 Å². The lowest BCUT2D eigenvalue weighted by Gasteiger charge is -2.13. The van der Waals surface area contributed by atoms with Crippen molar-refractivity contribution in [3.8, 4) is 0 Å². The average molecular weight is 311 g/mol. The van der Waals surface area contributed by atoms with Crippen LogP contribution in [0.2, 0.25) is 0 Å². The summed E-state index contributed by atoms with van der Waals surface area (Å²) in [5.41, 5.74) is 1.12. The fourth-order valence-corrected chi connectivity index (χ4v) is 2.18. The van der Waals surface area contributed by atoms with Crippen LogP contribution in [0.25, 0.3) is 0 Å². The zero-order chi connectivity index (χ0) is 15.8. The van der Waals surface area contributed by atoms with Crippen molar-refractivity contribution in [2.24, 2.45) is 0 Å². The predicted octanol–water partition coefficient (Wildman–Crippen LogP) is 1.22. The minimum Gasteiger partial charge on any atom is -0.480 e. The van der Waals surface area contributed by atoms with E-state index in [0.29, 0.717) is 0 Å². The molecule has 21 heavy (non-hydrogen) atoms. The van der Waals surface area contributed by atoms with E-state index in [1.807, 2.05) is 31.2 Å². The first-order valence-corrected chi connectivity index (χ1v) is 7.19. The molecule has 7 heteroatoms. The number of carboxylic acids is 1. The zero-order valence-electron chi connectivity index (χ0n) is 11.8. The Morgan fingerprint density at radius 2 is 1.90 bits per heavy atom. The molecular formula is C14H17NO5S. The molecule has 1 atom stereocenters. The molecule has 6 nitrogen and oxygen atoms in total. The smallest absolute Gasteiger partial charge is 0.326 e. The summed E-state index contributed by atoms with van der Waals surface area (Å²) in [5, 5.41) is 11.3. The van der Waals surface area contributed by atoms with Crippen LogP contribution in [0.15, 0.2) is 29.2 Å². The second-order valence-electron chi connectivity index (χ2n) is 4.34. The number of esters is 1. The van der Waals surface area contributed by atoms with Crippen LogP contribution in [0.3, 0.4) is 0 Å². The SMILES string of the molecule is COC(=O)C[C@H](NC(=O)CSc1ccc(C)cc1)C(=O)O. The quantitative estimate of drug-likeness (QED) is 0.581. The van der Waals surface area contributed by atoms with Crippen molar-refractivity contribution in [1.29, 1.82) is 0 Å². The van der Waals surface area contributed by atoms with Crippen molar-refractivity contribution in [2.75, 3.05) is 12.9 Å². The number of carbonyl (C=O) groups is 3. The molecule has 2 N–H and O–H groups in total. The fraction of sp³-hybridized carbons (Fsp3) is 0.357. The van der Waals surface area contributed by atoms with Crippen molar-refractivity contribution in [2.45, 2.75) is 24.3 Å². The lowest BCUT2D eigenvalue weighted by atomic mass is 10.2. The topological polar surface area (TPSA) is 92.7 Å². The van der Waals surface area contributed by atoms with Crippen molar-refractivity contribution >= 4 is 29.6 Å². The molecule has 0 spiro atoms.